The van der Waals surface area contributed by atoms with Crippen LogP contribution < -0.4 is 5.73 Å². The average molecular weight is 204 g/mol. The zero-order chi connectivity index (χ0) is 7.84. The molecule has 1 aromatic rings. The van der Waals surface area contributed by atoms with Crippen molar-refractivity contribution in [3.05, 3.63) is 34.9 Å². The summed E-state index contributed by atoms with van der Waals surface area (Å²) in [5, 5.41) is 0.794. The molecule has 0 aromatic heterocycles. The Labute approximate surface area is 83.3 Å². The normalized spacial score (nSPS) is 26.2. The van der Waals surface area contributed by atoms with E-state index in [-0.39, 0.29) is 12.4 Å². The summed E-state index contributed by atoms with van der Waals surface area (Å²) in [4.78, 5) is 0. The molecule has 1 aliphatic rings. The van der Waals surface area contributed by atoms with Gasteiger partial charge in [-0.25, -0.2) is 0 Å². The van der Waals surface area contributed by atoms with Gasteiger partial charge < -0.3 is 5.73 Å². The quantitative estimate of drug-likeness (QED) is 0.747. The molecule has 1 nitrogen and oxygen atoms in total. The van der Waals surface area contributed by atoms with Crippen LogP contribution in [-0.2, 0) is 0 Å². The molecular weight excluding hydrogens is 193 g/mol. The van der Waals surface area contributed by atoms with Gasteiger partial charge in [-0.05, 0) is 24.1 Å². The van der Waals surface area contributed by atoms with E-state index < -0.39 is 0 Å². The Bertz CT molecular complexity index is 258. The van der Waals surface area contributed by atoms with Crippen molar-refractivity contribution in [1.29, 1.82) is 0 Å². The largest absolute Gasteiger partial charge is 0.327 e. The molecule has 2 N–H and O–H groups in total. The number of rotatable bonds is 1. The van der Waals surface area contributed by atoms with Crippen LogP contribution in [-0.4, -0.2) is 6.04 Å². The number of halogens is 2. The van der Waals surface area contributed by atoms with Gasteiger partial charge in [0.15, 0.2) is 0 Å². The molecule has 2 rings (SSSR count). The van der Waals surface area contributed by atoms with Gasteiger partial charge in [0, 0.05) is 17.0 Å². The number of nitrogens with two attached hydrogens (primary N) is 1. The summed E-state index contributed by atoms with van der Waals surface area (Å²) < 4.78 is 0. The minimum atomic E-state index is 0. The Morgan fingerprint density at radius 3 is 2.17 bits per heavy atom. The lowest BCUT2D eigenvalue weighted by Crippen LogP contribution is -2.00. The highest BCUT2D eigenvalue weighted by Gasteiger charge is 2.34. The third-order valence-corrected chi connectivity index (χ3v) is 2.39. The van der Waals surface area contributed by atoms with Gasteiger partial charge in [-0.1, -0.05) is 23.7 Å². The Morgan fingerprint density at radius 1 is 1.25 bits per heavy atom. The first-order chi connectivity index (χ1) is 5.27. The Morgan fingerprint density at radius 2 is 1.75 bits per heavy atom. The van der Waals surface area contributed by atoms with Crippen molar-refractivity contribution in [2.45, 2.75) is 18.4 Å². The summed E-state index contributed by atoms with van der Waals surface area (Å²) in [6, 6.07) is 8.33. The molecule has 1 aromatic carbocycles. The fraction of sp³-hybridized carbons (Fsp3) is 0.333. The van der Waals surface area contributed by atoms with E-state index in [1.807, 2.05) is 12.1 Å². The van der Waals surface area contributed by atoms with Crippen molar-refractivity contribution in [2.75, 3.05) is 0 Å². The van der Waals surface area contributed by atoms with E-state index in [1.165, 1.54) is 5.56 Å². The molecule has 0 bridgehead atoms. The Balaban J connectivity index is 0.000000720. The van der Waals surface area contributed by atoms with Gasteiger partial charge in [0.05, 0.1) is 0 Å². The van der Waals surface area contributed by atoms with Crippen LogP contribution in [0.4, 0.5) is 0 Å². The molecule has 2 atom stereocenters. The van der Waals surface area contributed by atoms with Crippen LogP contribution in [0.5, 0.6) is 0 Å². The summed E-state index contributed by atoms with van der Waals surface area (Å²) >= 11 is 5.74. The number of hydrogen-bond donors (Lipinski definition) is 1. The fourth-order valence-corrected chi connectivity index (χ4v) is 1.43. The van der Waals surface area contributed by atoms with Crippen molar-refractivity contribution in [2.24, 2.45) is 5.73 Å². The predicted octanol–water partition coefficient (Wildman–Crippen LogP) is 2.58. The van der Waals surface area contributed by atoms with Crippen LogP contribution in [0.2, 0.25) is 5.02 Å². The number of benzene rings is 1. The molecule has 66 valence electrons. The average Bonchev–Trinajstić information content (AvgIpc) is 2.69. The Kier molecular flexibility index (Phi) is 2.99. The molecule has 1 fully saturated rings. The van der Waals surface area contributed by atoms with E-state index in [1.54, 1.807) is 0 Å². The summed E-state index contributed by atoms with van der Waals surface area (Å²) in [5.41, 5.74) is 7.02. The van der Waals surface area contributed by atoms with Crippen LogP contribution in [0.15, 0.2) is 24.3 Å². The van der Waals surface area contributed by atoms with Crippen LogP contribution in [0, 0.1) is 0 Å². The fourth-order valence-electron chi connectivity index (χ4n) is 1.31. The predicted molar refractivity (Wildman–Crippen MR) is 54.0 cm³/mol. The molecule has 0 heterocycles. The first kappa shape index (κ1) is 9.85. The summed E-state index contributed by atoms with van der Waals surface area (Å²) in [5.74, 6) is 0.590. The van der Waals surface area contributed by atoms with Crippen LogP contribution in [0.1, 0.15) is 17.9 Å². The lowest BCUT2D eigenvalue weighted by molar-refractivity contribution is 0.991. The molecular formula is C9H11Cl2N. The second kappa shape index (κ2) is 3.65. The van der Waals surface area contributed by atoms with E-state index in [0.717, 1.165) is 11.4 Å². The highest BCUT2D eigenvalue weighted by molar-refractivity contribution is 6.30. The highest BCUT2D eigenvalue weighted by atomic mass is 35.5. The van der Waals surface area contributed by atoms with Crippen LogP contribution in [0.3, 0.4) is 0 Å². The first-order valence-corrected chi connectivity index (χ1v) is 4.16. The van der Waals surface area contributed by atoms with Crippen molar-refractivity contribution in [3.63, 3.8) is 0 Å². The monoisotopic (exact) mass is 203 g/mol. The minimum Gasteiger partial charge on any atom is -0.327 e. The maximum absolute atomic E-state index is 5.74. The van der Waals surface area contributed by atoms with E-state index in [2.05, 4.69) is 12.1 Å². The maximum Gasteiger partial charge on any atom is 0.0406 e. The smallest absolute Gasteiger partial charge is 0.0406 e. The minimum absolute atomic E-state index is 0. The zero-order valence-electron chi connectivity index (χ0n) is 6.53. The molecule has 0 unspecified atom stereocenters. The molecule has 1 aliphatic carbocycles. The van der Waals surface area contributed by atoms with Crippen molar-refractivity contribution in [1.82, 2.24) is 0 Å². The van der Waals surface area contributed by atoms with Crippen LogP contribution >= 0.6 is 24.0 Å². The van der Waals surface area contributed by atoms with Gasteiger partial charge in [0.1, 0.15) is 0 Å². The molecule has 3 heteroatoms. The molecule has 0 amide bonds. The summed E-state index contributed by atoms with van der Waals surface area (Å²) in [6.45, 7) is 0. The third-order valence-electron chi connectivity index (χ3n) is 2.14. The Hall–Kier alpha value is -0.240. The zero-order valence-corrected chi connectivity index (χ0v) is 8.11. The molecule has 12 heavy (non-hydrogen) atoms. The molecule has 1 saturated carbocycles. The highest BCUT2D eigenvalue weighted by Crippen LogP contribution is 2.38. The van der Waals surface area contributed by atoms with E-state index in [4.69, 9.17) is 17.3 Å². The van der Waals surface area contributed by atoms with Gasteiger partial charge in [-0.15, -0.1) is 12.4 Å². The molecule has 0 aliphatic heterocycles. The van der Waals surface area contributed by atoms with Gasteiger partial charge in [0.25, 0.3) is 0 Å². The van der Waals surface area contributed by atoms with Crippen molar-refractivity contribution in [3.8, 4) is 0 Å². The molecule has 0 saturated heterocycles. The van der Waals surface area contributed by atoms with Crippen LogP contribution in [0.25, 0.3) is 0 Å². The topological polar surface area (TPSA) is 26.0 Å². The second-order valence-electron chi connectivity index (χ2n) is 3.06. The van der Waals surface area contributed by atoms with E-state index >= 15 is 0 Å². The van der Waals surface area contributed by atoms with Crippen molar-refractivity contribution < 1.29 is 0 Å². The van der Waals surface area contributed by atoms with Gasteiger partial charge in [-0.2, -0.15) is 0 Å². The van der Waals surface area contributed by atoms with Gasteiger partial charge in [-0.3, -0.25) is 0 Å². The maximum atomic E-state index is 5.74. The summed E-state index contributed by atoms with van der Waals surface area (Å²) in [7, 11) is 0. The first-order valence-electron chi connectivity index (χ1n) is 3.78. The van der Waals surface area contributed by atoms with Gasteiger partial charge in [0.2, 0.25) is 0 Å². The lowest BCUT2D eigenvalue weighted by Gasteiger charge is -1.96. The van der Waals surface area contributed by atoms with Gasteiger partial charge >= 0.3 is 0 Å². The standard InChI is InChI=1S/C9H10ClN.ClH/c10-7-3-1-6(2-4-7)8-5-9(8)11;/h1-4,8-9H,5,11H2;1H/t8-,9-;/m1./s1. The lowest BCUT2D eigenvalue weighted by atomic mass is 10.1. The molecule has 0 radical (unpaired) electrons. The van der Waals surface area contributed by atoms with Crippen molar-refractivity contribution >= 4 is 24.0 Å². The van der Waals surface area contributed by atoms with E-state index in [0.29, 0.717) is 12.0 Å². The number of hydrogen-bond acceptors (Lipinski definition) is 1. The van der Waals surface area contributed by atoms with E-state index in [9.17, 15) is 0 Å². The second-order valence-corrected chi connectivity index (χ2v) is 3.49. The molecule has 0 spiro atoms. The SMILES string of the molecule is Cl.N[C@@H]1C[C@@H]1c1ccc(Cl)cc1. The summed E-state index contributed by atoms with van der Waals surface area (Å²) in [6.07, 6.45) is 1.13. The third kappa shape index (κ3) is 1.92.